The van der Waals surface area contributed by atoms with Crippen LogP contribution in [0.5, 0.6) is 0 Å². The first-order valence-corrected chi connectivity index (χ1v) is 16.3. The molecule has 16 nitrogen and oxygen atoms in total. The second-order valence-corrected chi connectivity index (χ2v) is 11.9. The zero-order valence-corrected chi connectivity index (χ0v) is 30.1. The lowest BCUT2D eigenvalue weighted by Gasteiger charge is -2.07. The summed E-state index contributed by atoms with van der Waals surface area (Å²) in [6.07, 6.45) is 7.58. The average Bonchev–Trinajstić information content (AvgIpc) is 3.74. The third kappa shape index (κ3) is 11.4. The van der Waals surface area contributed by atoms with E-state index in [0.29, 0.717) is 34.5 Å². The molecule has 0 saturated heterocycles. The lowest BCUT2D eigenvalue weighted by molar-refractivity contribution is -0.138. The standard InChI is InChI=1S/C33H36N4O6.2C2H5NO2/c1-7-20-19(6)32(42)37-27(20)14-25-18(5)23(10-12-31(40)41)29(35-25)15-28-22(9-11-30(38)39)17(4)24(34-28)13-26-16(3)21(8-2)33(43)36-26;2*3-1-2(4)5/h7-8,13-14,34-35H,1-2,9-12,15H2,3-6H3,(H,36,43)(H,37,42)(H,38,39)(H,40,41);2*1,3H2,(H,4,5)/b26-13-,27-14-;;. The smallest absolute Gasteiger partial charge is 0.317 e. The molecule has 0 bridgehead atoms. The maximum atomic E-state index is 12.3. The van der Waals surface area contributed by atoms with E-state index in [-0.39, 0.29) is 50.6 Å². The largest absolute Gasteiger partial charge is 0.481 e. The molecule has 12 N–H and O–H groups in total. The lowest BCUT2D eigenvalue weighted by Crippen LogP contribution is -2.15. The first kappa shape index (κ1) is 42.9. The fourth-order valence-corrected chi connectivity index (χ4v) is 5.61. The monoisotopic (exact) mass is 734 g/mol. The first-order chi connectivity index (χ1) is 24.9. The van der Waals surface area contributed by atoms with Crippen molar-refractivity contribution in [2.75, 3.05) is 13.1 Å². The molecule has 4 rings (SSSR count). The van der Waals surface area contributed by atoms with Gasteiger partial charge in [0, 0.05) is 64.5 Å². The van der Waals surface area contributed by atoms with Gasteiger partial charge < -0.3 is 52.5 Å². The molecule has 2 aliphatic heterocycles. The maximum absolute atomic E-state index is 12.3. The van der Waals surface area contributed by atoms with E-state index in [1.54, 1.807) is 13.0 Å². The molecular formula is C37H46N6O10. The van der Waals surface area contributed by atoms with E-state index in [4.69, 9.17) is 10.2 Å². The van der Waals surface area contributed by atoms with Crippen LogP contribution < -0.4 is 22.1 Å². The highest BCUT2D eigenvalue weighted by Gasteiger charge is 2.25. The quantitative estimate of drug-likeness (QED) is 0.134. The summed E-state index contributed by atoms with van der Waals surface area (Å²) in [5.74, 6) is -4.21. The Hall–Kier alpha value is -6.26. The molecule has 0 fully saturated rings. The van der Waals surface area contributed by atoms with Crippen molar-refractivity contribution in [3.63, 3.8) is 0 Å². The molecule has 284 valence electrons. The Kier molecular flexibility index (Phi) is 15.7. The number of carboxylic acids is 4. The van der Waals surface area contributed by atoms with Gasteiger partial charge >= 0.3 is 23.9 Å². The molecular weight excluding hydrogens is 688 g/mol. The van der Waals surface area contributed by atoms with E-state index in [1.165, 1.54) is 6.08 Å². The summed E-state index contributed by atoms with van der Waals surface area (Å²) in [5, 5.41) is 39.8. The van der Waals surface area contributed by atoms with Crippen LogP contribution in [0.25, 0.3) is 12.2 Å². The number of carbonyl (C=O) groups is 6. The Labute approximate surface area is 305 Å². The Morgan fingerprint density at radius 3 is 1.38 bits per heavy atom. The van der Waals surface area contributed by atoms with Gasteiger partial charge in [0.1, 0.15) is 0 Å². The first-order valence-electron chi connectivity index (χ1n) is 16.3. The summed E-state index contributed by atoms with van der Waals surface area (Å²) in [6.45, 7) is 14.4. The molecule has 53 heavy (non-hydrogen) atoms. The lowest BCUT2D eigenvalue weighted by atomic mass is 9.98. The summed E-state index contributed by atoms with van der Waals surface area (Å²) in [5.41, 5.74) is 19.3. The number of rotatable bonds is 14. The number of allylic oxidation sites excluding steroid dienone is 2. The van der Waals surface area contributed by atoms with Gasteiger partial charge in [-0.15, -0.1) is 0 Å². The molecule has 0 aromatic carbocycles. The second kappa shape index (κ2) is 19.4. The normalized spacial score (nSPS) is 15.1. The van der Waals surface area contributed by atoms with Crippen LogP contribution >= 0.6 is 0 Å². The number of aromatic amines is 2. The fourth-order valence-electron chi connectivity index (χ4n) is 5.61. The van der Waals surface area contributed by atoms with E-state index >= 15 is 0 Å². The van der Waals surface area contributed by atoms with Gasteiger partial charge in [-0.05, 0) is 80.5 Å². The number of carbonyl (C=O) groups excluding carboxylic acids is 2. The highest BCUT2D eigenvalue weighted by molar-refractivity contribution is 6.03. The minimum absolute atomic E-state index is 0.0688. The SMILES string of the molecule is C=CC1=C(C)/C(=C/c2[nH]c(Cc3[nH]c(/C=C4\NC(=O)C(C)=C4C=C)c(C)c3CCC(=O)O)c(CCC(=O)O)c2C)NC1=O.NCC(=O)O.NCC(=O)O. The van der Waals surface area contributed by atoms with Crippen molar-refractivity contribution >= 4 is 47.8 Å². The van der Waals surface area contributed by atoms with Crippen molar-refractivity contribution in [3.8, 4) is 0 Å². The van der Waals surface area contributed by atoms with Crippen LogP contribution in [-0.2, 0) is 48.0 Å². The highest BCUT2D eigenvalue weighted by atomic mass is 16.4. The van der Waals surface area contributed by atoms with Crippen LogP contribution in [0.1, 0.15) is 71.7 Å². The Balaban J connectivity index is 0.000000858. The highest BCUT2D eigenvalue weighted by Crippen LogP contribution is 2.31. The van der Waals surface area contributed by atoms with Crippen LogP contribution in [0.3, 0.4) is 0 Å². The summed E-state index contributed by atoms with van der Waals surface area (Å²) in [6, 6.07) is 0. The van der Waals surface area contributed by atoms with Crippen LogP contribution in [0.15, 0.2) is 59.0 Å². The number of hydrogen-bond donors (Lipinski definition) is 10. The molecule has 0 spiro atoms. The van der Waals surface area contributed by atoms with Gasteiger partial charge in [-0.2, -0.15) is 0 Å². The predicted molar refractivity (Wildman–Crippen MR) is 197 cm³/mol. The molecule has 16 heteroatoms. The Morgan fingerprint density at radius 2 is 1.02 bits per heavy atom. The number of aliphatic carboxylic acids is 4. The van der Waals surface area contributed by atoms with Crippen LogP contribution in [-0.4, -0.2) is 79.2 Å². The number of carboxylic acid groups (broad SMARTS) is 4. The molecule has 2 aliphatic rings. The van der Waals surface area contributed by atoms with Crippen LogP contribution in [0, 0.1) is 13.8 Å². The van der Waals surface area contributed by atoms with Gasteiger partial charge in [0.2, 0.25) is 0 Å². The molecule has 2 aromatic rings. The minimum Gasteiger partial charge on any atom is -0.481 e. The summed E-state index contributed by atoms with van der Waals surface area (Å²) in [7, 11) is 0. The zero-order valence-electron chi connectivity index (χ0n) is 30.1. The van der Waals surface area contributed by atoms with Crippen molar-refractivity contribution in [2.45, 2.75) is 59.8 Å². The maximum Gasteiger partial charge on any atom is 0.317 e. The van der Waals surface area contributed by atoms with Gasteiger partial charge in [-0.25, -0.2) is 0 Å². The molecule has 2 aromatic heterocycles. The van der Waals surface area contributed by atoms with Gasteiger partial charge in [-0.3, -0.25) is 28.8 Å². The average molecular weight is 735 g/mol. The van der Waals surface area contributed by atoms with Crippen LogP contribution in [0.4, 0.5) is 0 Å². The fraction of sp³-hybridized carbons (Fsp3) is 0.297. The molecule has 4 heterocycles. The van der Waals surface area contributed by atoms with Crippen molar-refractivity contribution in [1.82, 2.24) is 20.6 Å². The van der Waals surface area contributed by atoms with Crippen molar-refractivity contribution in [3.05, 3.63) is 104 Å². The summed E-state index contributed by atoms with van der Waals surface area (Å²) in [4.78, 5) is 73.0. The van der Waals surface area contributed by atoms with E-state index in [1.807, 2.05) is 32.9 Å². The molecule has 0 radical (unpaired) electrons. The third-order valence-corrected chi connectivity index (χ3v) is 8.46. The topological polar surface area (TPSA) is 291 Å². The van der Waals surface area contributed by atoms with E-state index in [2.05, 4.69) is 45.2 Å². The summed E-state index contributed by atoms with van der Waals surface area (Å²) >= 11 is 0. The predicted octanol–water partition coefficient (Wildman–Crippen LogP) is 2.59. The van der Waals surface area contributed by atoms with Crippen molar-refractivity contribution in [1.29, 1.82) is 0 Å². The van der Waals surface area contributed by atoms with E-state index in [9.17, 15) is 39.0 Å². The molecule has 0 atom stereocenters. The number of H-pyrrole nitrogens is 2. The Bertz CT molecular complexity index is 1940. The number of nitrogens with two attached hydrogens (primary N) is 2. The summed E-state index contributed by atoms with van der Waals surface area (Å²) < 4.78 is 0. The molecule has 2 amide bonds. The third-order valence-electron chi connectivity index (χ3n) is 8.46. The van der Waals surface area contributed by atoms with Crippen molar-refractivity contribution in [2.24, 2.45) is 11.5 Å². The van der Waals surface area contributed by atoms with Gasteiger partial charge in [-0.1, -0.05) is 25.3 Å². The van der Waals surface area contributed by atoms with Gasteiger partial charge in [0.15, 0.2) is 0 Å². The Morgan fingerprint density at radius 1 is 0.623 bits per heavy atom. The van der Waals surface area contributed by atoms with Crippen molar-refractivity contribution < 1.29 is 49.2 Å². The number of amides is 2. The molecule has 0 saturated carbocycles. The van der Waals surface area contributed by atoms with Crippen LogP contribution in [0.2, 0.25) is 0 Å². The zero-order chi connectivity index (χ0) is 40.2. The number of nitrogens with one attached hydrogen (secondary N) is 4. The van der Waals surface area contributed by atoms with Gasteiger partial charge in [0.25, 0.3) is 11.8 Å². The van der Waals surface area contributed by atoms with E-state index < -0.39 is 23.9 Å². The minimum atomic E-state index is -0.968. The number of aromatic nitrogens is 2. The van der Waals surface area contributed by atoms with E-state index in [0.717, 1.165) is 50.6 Å². The molecule has 0 unspecified atom stereocenters. The number of hydrogen-bond acceptors (Lipinski definition) is 8. The second-order valence-electron chi connectivity index (χ2n) is 11.9. The molecule has 0 aliphatic carbocycles. The van der Waals surface area contributed by atoms with Gasteiger partial charge in [0.05, 0.1) is 18.8 Å².